The third kappa shape index (κ3) is 3.10. The first-order valence-corrected chi connectivity index (χ1v) is 5.44. The largest absolute Gasteiger partial charge is 0.448 e. The second-order valence-corrected chi connectivity index (χ2v) is 4.93. The first-order chi connectivity index (χ1) is 7.32. The molecule has 1 aromatic rings. The van der Waals surface area contributed by atoms with Gasteiger partial charge in [-0.3, -0.25) is 0 Å². The summed E-state index contributed by atoms with van der Waals surface area (Å²) in [4.78, 5) is 13.4. The Morgan fingerprint density at radius 1 is 1.62 bits per heavy atom. The van der Waals surface area contributed by atoms with Gasteiger partial charge in [0.05, 0.1) is 6.54 Å². The maximum absolute atomic E-state index is 10.5. The second kappa shape index (κ2) is 4.69. The number of ether oxygens (including phenoxy) is 1. The molecule has 0 aromatic carbocycles. The molecule has 0 aliphatic rings. The summed E-state index contributed by atoms with van der Waals surface area (Å²) in [5.41, 5.74) is 5.95. The highest BCUT2D eigenvalue weighted by molar-refractivity contribution is 7.71. The summed E-state index contributed by atoms with van der Waals surface area (Å²) in [6.07, 6.45) is 1.12. The van der Waals surface area contributed by atoms with Gasteiger partial charge in [0.1, 0.15) is 6.61 Å². The first-order valence-electron chi connectivity index (χ1n) is 5.03. The predicted octanol–water partition coefficient (Wildman–Crippen LogP) is 1.94. The fourth-order valence-corrected chi connectivity index (χ4v) is 1.72. The molecule has 16 heavy (non-hydrogen) atoms. The van der Waals surface area contributed by atoms with Gasteiger partial charge in [0.2, 0.25) is 0 Å². The van der Waals surface area contributed by atoms with Crippen molar-refractivity contribution in [1.82, 2.24) is 9.55 Å². The fourth-order valence-electron chi connectivity index (χ4n) is 1.48. The van der Waals surface area contributed by atoms with Crippen LogP contribution in [0.25, 0.3) is 0 Å². The number of nitrogens with two attached hydrogens (primary N) is 1. The van der Waals surface area contributed by atoms with E-state index in [1.165, 1.54) is 0 Å². The molecule has 1 heterocycles. The van der Waals surface area contributed by atoms with E-state index in [0.717, 1.165) is 5.69 Å². The summed E-state index contributed by atoms with van der Waals surface area (Å²) in [7, 11) is 0. The van der Waals surface area contributed by atoms with E-state index in [9.17, 15) is 4.79 Å². The Balaban J connectivity index is 2.83. The molecular formula is C10H17N3O2S. The third-order valence-electron chi connectivity index (χ3n) is 2.20. The Morgan fingerprint density at radius 3 is 2.75 bits per heavy atom. The number of imidazole rings is 1. The smallest absolute Gasteiger partial charge is 0.404 e. The van der Waals surface area contributed by atoms with Crippen LogP contribution in [0.3, 0.4) is 0 Å². The Kier molecular flexibility index (Phi) is 3.74. The third-order valence-corrected chi connectivity index (χ3v) is 2.53. The van der Waals surface area contributed by atoms with Gasteiger partial charge in [-0.15, -0.1) is 0 Å². The summed E-state index contributed by atoms with van der Waals surface area (Å²) in [6.45, 7) is 7.02. The average Bonchev–Trinajstić information content (AvgIpc) is 2.46. The Labute approximate surface area is 99.6 Å². The quantitative estimate of drug-likeness (QED) is 0.797. The predicted molar refractivity (Wildman–Crippen MR) is 63.9 cm³/mol. The maximum atomic E-state index is 10.5. The lowest BCUT2D eigenvalue weighted by Crippen LogP contribution is -2.21. The summed E-state index contributed by atoms with van der Waals surface area (Å²) >= 11 is 5.16. The number of carbonyl (C=O) groups is 1. The minimum atomic E-state index is -0.764. The summed E-state index contributed by atoms with van der Waals surface area (Å²) in [6, 6.07) is 0. The van der Waals surface area contributed by atoms with Crippen LogP contribution in [0.2, 0.25) is 0 Å². The molecule has 6 heteroatoms. The second-order valence-electron chi connectivity index (χ2n) is 4.55. The van der Waals surface area contributed by atoms with Crippen LogP contribution < -0.4 is 5.73 Å². The van der Waals surface area contributed by atoms with Crippen LogP contribution in [0.4, 0.5) is 4.79 Å². The minimum absolute atomic E-state index is 0.0136. The molecule has 0 saturated heterocycles. The molecule has 0 unspecified atom stereocenters. The van der Waals surface area contributed by atoms with Gasteiger partial charge in [-0.05, 0) is 12.2 Å². The lowest BCUT2D eigenvalue weighted by molar-refractivity contribution is 0.151. The molecule has 3 N–H and O–H groups in total. The Bertz CT molecular complexity index is 428. The van der Waals surface area contributed by atoms with E-state index in [1.807, 2.05) is 10.8 Å². The molecule has 1 amide bonds. The molecular weight excluding hydrogens is 226 g/mol. The van der Waals surface area contributed by atoms with Gasteiger partial charge < -0.3 is 20.0 Å². The van der Waals surface area contributed by atoms with Crippen LogP contribution in [-0.4, -0.2) is 22.3 Å². The monoisotopic (exact) mass is 243 g/mol. The number of hydrogen-bond donors (Lipinski definition) is 2. The maximum Gasteiger partial charge on any atom is 0.404 e. The molecule has 0 atom stereocenters. The molecule has 0 fully saturated rings. The normalized spacial score (nSPS) is 11.4. The van der Waals surface area contributed by atoms with E-state index in [4.69, 9.17) is 22.7 Å². The van der Waals surface area contributed by atoms with E-state index < -0.39 is 6.09 Å². The standard InChI is InChI=1S/C10H17N3O2S/c1-10(2,3)7-6-12-9(16)13(7)4-5-15-8(11)14/h6H,4-5H2,1-3H3,(H2,11,14)(H,12,16). The first kappa shape index (κ1) is 12.8. The number of aromatic amines is 1. The van der Waals surface area contributed by atoms with Crippen molar-refractivity contribution in [2.75, 3.05) is 6.61 Å². The van der Waals surface area contributed by atoms with Crippen LogP contribution in [-0.2, 0) is 16.7 Å². The van der Waals surface area contributed by atoms with Crippen molar-refractivity contribution in [3.63, 3.8) is 0 Å². The average molecular weight is 243 g/mol. The van der Waals surface area contributed by atoms with Gasteiger partial charge in [-0.1, -0.05) is 20.8 Å². The number of nitrogens with zero attached hydrogens (tertiary/aromatic N) is 1. The van der Waals surface area contributed by atoms with Gasteiger partial charge in [0.15, 0.2) is 4.77 Å². The highest BCUT2D eigenvalue weighted by atomic mass is 32.1. The van der Waals surface area contributed by atoms with Crippen LogP contribution in [0.15, 0.2) is 6.20 Å². The van der Waals surface area contributed by atoms with Crippen LogP contribution >= 0.6 is 12.2 Å². The fraction of sp³-hybridized carbons (Fsp3) is 0.600. The van der Waals surface area contributed by atoms with Crippen molar-refractivity contribution >= 4 is 18.3 Å². The zero-order chi connectivity index (χ0) is 12.3. The van der Waals surface area contributed by atoms with Crippen LogP contribution in [0.1, 0.15) is 26.5 Å². The lowest BCUT2D eigenvalue weighted by atomic mass is 9.93. The minimum Gasteiger partial charge on any atom is -0.448 e. The van der Waals surface area contributed by atoms with Gasteiger partial charge >= 0.3 is 6.09 Å². The number of amides is 1. The molecule has 0 bridgehead atoms. The zero-order valence-electron chi connectivity index (χ0n) is 9.74. The van der Waals surface area contributed by atoms with E-state index in [2.05, 4.69) is 25.8 Å². The lowest BCUT2D eigenvalue weighted by Gasteiger charge is -2.20. The molecule has 1 rings (SSSR count). The van der Waals surface area contributed by atoms with Crippen molar-refractivity contribution < 1.29 is 9.53 Å². The number of rotatable bonds is 3. The van der Waals surface area contributed by atoms with E-state index in [0.29, 0.717) is 11.3 Å². The highest BCUT2D eigenvalue weighted by Crippen LogP contribution is 2.22. The zero-order valence-corrected chi connectivity index (χ0v) is 10.6. The van der Waals surface area contributed by atoms with E-state index in [1.54, 1.807) is 0 Å². The molecule has 0 aliphatic heterocycles. The van der Waals surface area contributed by atoms with Gasteiger partial charge in [0.25, 0.3) is 0 Å². The summed E-state index contributed by atoms with van der Waals surface area (Å²) < 4.78 is 7.23. The van der Waals surface area contributed by atoms with Crippen molar-refractivity contribution in [3.05, 3.63) is 16.7 Å². The van der Waals surface area contributed by atoms with E-state index in [-0.39, 0.29) is 12.0 Å². The number of hydrogen-bond acceptors (Lipinski definition) is 3. The molecule has 0 radical (unpaired) electrons. The van der Waals surface area contributed by atoms with Crippen LogP contribution in [0, 0.1) is 4.77 Å². The van der Waals surface area contributed by atoms with Crippen molar-refractivity contribution in [3.8, 4) is 0 Å². The van der Waals surface area contributed by atoms with Crippen molar-refractivity contribution in [2.45, 2.75) is 32.7 Å². The molecule has 90 valence electrons. The molecule has 0 saturated carbocycles. The number of H-pyrrole nitrogens is 1. The van der Waals surface area contributed by atoms with Crippen molar-refractivity contribution in [2.24, 2.45) is 5.73 Å². The van der Waals surface area contributed by atoms with Gasteiger partial charge in [-0.25, -0.2) is 4.79 Å². The van der Waals surface area contributed by atoms with Crippen LogP contribution in [0.5, 0.6) is 0 Å². The summed E-state index contributed by atoms with van der Waals surface area (Å²) in [5, 5.41) is 0. The number of primary amides is 1. The van der Waals surface area contributed by atoms with E-state index >= 15 is 0 Å². The molecule has 0 spiro atoms. The van der Waals surface area contributed by atoms with Crippen molar-refractivity contribution in [1.29, 1.82) is 0 Å². The number of aromatic nitrogens is 2. The SMILES string of the molecule is CC(C)(C)c1c[nH]c(=S)n1CCOC(N)=O. The molecule has 1 aromatic heterocycles. The molecule has 5 nitrogen and oxygen atoms in total. The number of nitrogens with one attached hydrogen (secondary N) is 1. The highest BCUT2D eigenvalue weighted by Gasteiger charge is 2.19. The van der Waals surface area contributed by atoms with Gasteiger partial charge in [-0.2, -0.15) is 0 Å². The number of carbonyl (C=O) groups excluding carboxylic acids is 1. The topological polar surface area (TPSA) is 73.0 Å². The Morgan fingerprint density at radius 2 is 2.25 bits per heavy atom. The van der Waals surface area contributed by atoms with Gasteiger partial charge in [0, 0.05) is 17.3 Å². The molecule has 0 aliphatic carbocycles. The Hall–Kier alpha value is -1.30. The summed E-state index contributed by atoms with van der Waals surface area (Å²) in [5.74, 6) is 0.